The molecule has 1 amide bonds. The van der Waals surface area contributed by atoms with Crippen LogP contribution in [0.5, 0.6) is 0 Å². The lowest BCUT2D eigenvalue weighted by Crippen LogP contribution is -2.42. The Morgan fingerprint density at radius 1 is 1.50 bits per heavy atom. The van der Waals surface area contributed by atoms with Crippen LogP contribution in [0.3, 0.4) is 0 Å². The van der Waals surface area contributed by atoms with Crippen LogP contribution in [0.4, 0.5) is 0 Å². The molecule has 0 atom stereocenters. The van der Waals surface area contributed by atoms with Crippen LogP contribution >= 0.6 is 27.3 Å². The fourth-order valence-corrected chi connectivity index (χ4v) is 3.65. The Kier molecular flexibility index (Phi) is 5.18. The minimum absolute atomic E-state index is 0.159. The highest BCUT2D eigenvalue weighted by molar-refractivity contribution is 9.09. The fraction of sp³-hybridized carbons (Fsp3) is 0.692. The van der Waals surface area contributed by atoms with Crippen LogP contribution in [0.1, 0.15) is 46.8 Å². The van der Waals surface area contributed by atoms with E-state index in [1.54, 1.807) is 6.20 Å². The number of aryl methyl sites for hydroxylation is 1. The molecule has 1 aliphatic carbocycles. The molecule has 0 aliphatic heterocycles. The Balaban J connectivity index is 2.10. The first kappa shape index (κ1) is 14.0. The number of alkyl halides is 1. The summed E-state index contributed by atoms with van der Waals surface area (Å²) in [6.45, 7) is 2.73. The average Bonchev–Trinajstić information content (AvgIpc) is 2.83. The van der Waals surface area contributed by atoms with Crippen LogP contribution in [-0.4, -0.2) is 33.7 Å². The lowest BCUT2D eigenvalue weighted by Gasteiger charge is -2.33. The molecule has 0 unspecified atom stereocenters. The molecule has 5 heteroatoms. The molecule has 0 N–H and O–H groups in total. The molecule has 0 aromatic carbocycles. The quantitative estimate of drug-likeness (QED) is 0.790. The van der Waals surface area contributed by atoms with Gasteiger partial charge < -0.3 is 4.90 Å². The summed E-state index contributed by atoms with van der Waals surface area (Å²) in [4.78, 5) is 19.5. The Hall–Kier alpha value is -0.420. The number of hydrogen-bond acceptors (Lipinski definition) is 3. The van der Waals surface area contributed by atoms with Gasteiger partial charge in [0.05, 0.1) is 11.2 Å². The number of halogens is 1. The molecule has 2 rings (SSSR count). The highest BCUT2D eigenvalue weighted by Gasteiger charge is 2.26. The smallest absolute Gasteiger partial charge is 0.265 e. The molecule has 1 heterocycles. The van der Waals surface area contributed by atoms with Crippen LogP contribution < -0.4 is 0 Å². The zero-order chi connectivity index (χ0) is 13.0. The van der Waals surface area contributed by atoms with Gasteiger partial charge in [0.2, 0.25) is 0 Å². The third kappa shape index (κ3) is 3.32. The highest BCUT2D eigenvalue weighted by Crippen LogP contribution is 2.25. The number of hydrogen-bond donors (Lipinski definition) is 0. The standard InChI is InChI=1S/C13H19BrN2OS/c1-10-15-9-12(18-10)13(17)16(8-7-14)11-5-3-2-4-6-11/h9,11H,2-8H2,1H3. The Morgan fingerprint density at radius 3 is 2.78 bits per heavy atom. The summed E-state index contributed by atoms with van der Waals surface area (Å²) >= 11 is 4.95. The largest absolute Gasteiger partial charge is 0.334 e. The first-order valence-corrected chi connectivity index (χ1v) is 8.45. The van der Waals surface area contributed by atoms with E-state index in [9.17, 15) is 4.79 Å². The normalized spacial score (nSPS) is 16.8. The van der Waals surface area contributed by atoms with Gasteiger partial charge in [0.1, 0.15) is 4.88 Å². The van der Waals surface area contributed by atoms with Crippen LogP contribution in [0, 0.1) is 6.92 Å². The van der Waals surface area contributed by atoms with Gasteiger partial charge in [0.25, 0.3) is 5.91 Å². The van der Waals surface area contributed by atoms with Gasteiger partial charge >= 0.3 is 0 Å². The summed E-state index contributed by atoms with van der Waals surface area (Å²) in [7, 11) is 0. The van der Waals surface area contributed by atoms with E-state index < -0.39 is 0 Å². The number of aromatic nitrogens is 1. The maximum atomic E-state index is 12.5. The zero-order valence-electron chi connectivity index (χ0n) is 10.7. The minimum Gasteiger partial charge on any atom is -0.334 e. The summed E-state index contributed by atoms with van der Waals surface area (Å²) in [5, 5.41) is 1.80. The van der Waals surface area contributed by atoms with E-state index in [-0.39, 0.29) is 5.91 Å². The maximum Gasteiger partial charge on any atom is 0.265 e. The molecule has 1 aromatic heterocycles. The van der Waals surface area contributed by atoms with E-state index in [4.69, 9.17) is 0 Å². The predicted molar refractivity (Wildman–Crippen MR) is 78.6 cm³/mol. The third-order valence-corrected chi connectivity index (χ3v) is 4.69. The topological polar surface area (TPSA) is 33.2 Å². The summed E-state index contributed by atoms with van der Waals surface area (Å²) in [6, 6.07) is 0.422. The van der Waals surface area contributed by atoms with Gasteiger partial charge in [0.15, 0.2) is 0 Å². The average molecular weight is 331 g/mol. The van der Waals surface area contributed by atoms with Crippen molar-refractivity contribution in [2.24, 2.45) is 0 Å². The van der Waals surface area contributed by atoms with E-state index in [0.717, 1.165) is 34.6 Å². The minimum atomic E-state index is 0.159. The third-order valence-electron chi connectivity index (χ3n) is 3.43. The van der Waals surface area contributed by atoms with Gasteiger partial charge in [-0.3, -0.25) is 4.79 Å². The van der Waals surface area contributed by atoms with Crippen LogP contribution in [0.25, 0.3) is 0 Å². The fourth-order valence-electron chi connectivity index (χ4n) is 2.54. The van der Waals surface area contributed by atoms with Crippen molar-refractivity contribution in [3.63, 3.8) is 0 Å². The molecule has 0 radical (unpaired) electrons. The highest BCUT2D eigenvalue weighted by atomic mass is 79.9. The van der Waals surface area contributed by atoms with Crippen molar-refractivity contribution >= 4 is 33.2 Å². The summed E-state index contributed by atoms with van der Waals surface area (Å²) in [5.74, 6) is 0.159. The number of nitrogens with zero attached hydrogens (tertiary/aromatic N) is 2. The molecule has 100 valence electrons. The van der Waals surface area contributed by atoms with Crippen molar-refractivity contribution in [1.82, 2.24) is 9.88 Å². The lowest BCUT2D eigenvalue weighted by atomic mass is 9.94. The van der Waals surface area contributed by atoms with Crippen molar-refractivity contribution in [3.05, 3.63) is 16.1 Å². The summed E-state index contributed by atoms with van der Waals surface area (Å²) in [6.07, 6.45) is 7.82. The van der Waals surface area contributed by atoms with Gasteiger partial charge in [-0.25, -0.2) is 4.98 Å². The number of carbonyl (C=O) groups is 1. The molecular weight excluding hydrogens is 312 g/mol. The van der Waals surface area contributed by atoms with Gasteiger partial charge in [-0.15, -0.1) is 11.3 Å². The maximum absolute atomic E-state index is 12.5. The Morgan fingerprint density at radius 2 is 2.22 bits per heavy atom. The SMILES string of the molecule is Cc1ncc(C(=O)N(CCBr)C2CCCCC2)s1. The molecule has 1 aliphatic rings. The van der Waals surface area contributed by atoms with Crippen molar-refractivity contribution in [3.8, 4) is 0 Å². The van der Waals surface area contributed by atoms with E-state index in [0.29, 0.717) is 6.04 Å². The number of carbonyl (C=O) groups excluding carboxylic acids is 1. The van der Waals surface area contributed by atoms with Crippen LogP contribution in [-0.2, 0) is 0 Å². The van der Waals surface area contributed by atoms with E-state index in [1.807, 2.05) is 11.8 Å². The van der Waals surface area contributed by atoms with Crippen molar-refractivity contribution < 1.29 is 4.79 Å². The second-order valence-electron chi connectivity index (χ2n) is 4.72. The predicted octanol–water partition coefficient (Wildman–Crippen LogP) is 3.62. The van der Waals surface area contributed by atoms with Crippen molar-refractivity contribution in [2.75, 3.05) is 11.9 Å². The van der Waals surface area contributed by atoms with E-state index in [1.165, 1.54) is 30.6 Å². The van der Waals surface area contributed by atoms with Gasteiger partial charge in [-0.05, 0) is 19.8 Å². The van der Waals surface area contributed by atoms with E-state index >= 15 is 0 Å². The summed E-state index contributed by atoms with van der Waals surface area (Å²) in [5.41, 5.74) is 0. The molecule has 0 bridgehead atoms. The van der Waals surface area contributed by atoms with Gasteiger partial charge in [-0.1, -0.05) is 35.2 Å². The van der Waals surface area contributed by atoms with Crippen molar-refractivity contribution in [1.29, 1.82) is 0 Å². The zero-order valence-corrected chi connectivity index (χ0v) is 13.1. The first-order chi connectivity index (χ1) is 8.72. The van der Waals surface area contributed by atoms with Crippen LogP contribution in [0.2, 0.25) is 0 Å². The lowest BCUT2D eigenvalue weighted by molar-refractivity contribution is 0.0656. The number of thiazole rings is 1. The molecule has 18 heavy (non-hydrogen) atoms. The van der Waals surface area contributed by atoms with E-state index in [2.05, 4.69) is 20.9 Å². The first-order valence-electron chi connectivity index (χ1n) is 6.51. The monoisotopic (exact) mass is 330 g/mol. The number of amides is 1. The molecular formula is C13H19BrN2OS. The molecule has 1 aromatic rings. The molecule has 3 nitrogen and oxygen atoms in total. The second kappa shape index (κ2) is 6.66. The Labute approximate surface area is 121 Å². The molecule has 0 saturated heterocycles. The van der Waals surface area contributed by atoms with Gasteiger partial charge in [-0.2, -0.15) is 0 Å². The van der Waals surface area contributed by atoms with Crippen LogP contribution in [0.15, 0.2) is 6.20 Å². The molecule has 1 saturated carbocycles. The number of rotatable bonds is 4. The molecule has 0 spiro atoms. The Bertz CT molecular complexity index is 401. The van der Waals surface area contributed by atoms with Gasteiger partial charge in [0, 0.05) is 17.9 Å². The molecule has 1 fully saturated rings. The summed E-state index contributed by atoms with van der Waals surface area (Å²) < 4.78 is 0. The second-order valence-corrected chi connectivity index (χ2v) is 6.75. The van der Waals surface area contributed by atoms with Crippen molar-refractivity contribution in [2.45, 2.75) is 45.1 Å².